The summed E-state index contributed by atoms with van der Waals surface area (Å²) in [6.45, 7) is 8.44. The van der Waals surface area contributed by atoms with Gasteiger partial charge in [-0.2, -0.15) is 0 Å². The molecule has 2 heteroatoms. The Morgan fingerprint density at radius 2 is 2.06 bits per heavy atom. The number of likely N-dealkylation sites (tertiary alicyclic amines) is 1. The highest BCUT2D eigenvalue weighted by Gasteiger charge is 2.28. The molecule has 1 heterocycles. The van der Waals surface area contributed by atoms with Crippen LogP contribution < -0.4 is 5.73 Å². The number of hydrogen-bond donors (Lipinski definition) is 1. The molecule has 0 unspecified atom stereocenters. The molecule has 0 radical (unpaired) electrons. The monoisotopic (exact) mass is 232 g/mol. The molecule has 1 aliphatic rings. The molecule has 1 aromatic rings. The van der Waals surface area contributed by atoms with E-state index in [1.54, 1.807) is 0 Å². The van der Waals surface area contributed by atoms with Crippen molar-refractivity contribution in [2.24, 2.45) is 5.41 Å². The van der Waals surface area contributed by atoms with Crippen LogP contribution in [-0.2, 0) is 6.42 Å². The molecule has 0 amide bonds. The van der Waals surface area contributed by atoms with Gasteiger partial charge < -0.3 is 10.6 Å². The maximum absolute atomic E-state index is 5.94. The molecule has 17 heavy (non-hydrogen) atoms. The molecule has 0 atom stereocenters. The first-order valence-electron chi connectivity index (χ1n) is 6.63. The van der Waals surface area contributed by atoms with Crippen molar-refractivity contribution >= 4 is 5.69 Å². The second kappa shape index (κ2) is 5.09. The van der Waals surface area contributed by atoms with Crippen LogP contribution in [0.3, 0.4) is 0 Å². The lowest BCUT2D eigenvalue weighted by atomic mass is 9.93. The molecule has 2 rings (SSSR count). The van der Waals surface area contributed by atoms with Crippen molar-refractivity contribution in [2.45, 2.75) is 33.1 Å². The van der Waals surface area contributed by atoms with Crippen LogP contribution in [0.5, 0.6) is 0 Å². The zero-order valence-corrected chi connectivity index (χ0v) is 11.1. The molecule has 0 saturated carbocycles. The fourth-order valence-corrected chi connectivity index (χ4v) is 2.67. The summed E-state index contributed by atoms with van der Waals surface area (Å²) in [6.07, 6.45) is 3.65. The predicted molar refractivity (Wildman–Crippen MR) is 74.0 cm³/mol. The molecule has 0 spiro atoms. The van der Waals surface area contributed by atoms with E-state index in [4.69, 9.17) is 5.73 Å². The van der Waals surface area contributed by atoms with Crippen molar-refractivity contribution in [1.29, 1.82) is 0 Å². The van der Waals surface area contributed by atoms with Gasteiger partial charge in [-0.25, -0.2) is 0 Å². The van der Waals surface area contributed by atoms with Crippen molar-refractivity contribution in [1.82, 2.24) is 4.90 Å². The van der Waals surface area contributed by atoms with E-state index in [0.717, 1.165) is 12.1 Å². The molecule has 2 N–H and O–H groups in total. The van der Waals surface area contributed by atoms with Crippen LogP contribution in [-0.4, -0.2) is 24.5 Å². The number of benzene rings is 1. The molecular formula is C15H24N2. The quantitative estimate of drug-likeness (QED) is 0.809. The van der Waals surface area contributed by atoms with Crippen LogP contribution >= 0.6 is 0 Å². The van der Waals surface area contributed by atoms with Crippen LogP contribution in [0.1, 0.15) is 32.3 Å². The Bertz CT molecular complexity index is 371. The fraction of sp³-hybridized carbons (Fsp3) is 0.600. The van der Waals surface area contributed by atoms with E-state index >= 15 is 0 Å². The highest BCUT2D eigenvalue weighted by atomic mass is 15.1. The molecule has 2 nitrogen and oxygen atoms in total. The van der Waals surface area contributed by atoms with Crippen molar-refractivity contribution in [3.05, 3.63) is 29.8 Å². The first-order chi connectivity index (χ1) is 8.07. The average Bonchev–Trinajstić information content (AvgIpc) is 2.61. The van der Waals surface area contributed by atoms with E-state index in [9.17, 15) is 0 Å². The second-order valence-electron chi connectivity index (χ2n) is 5.99. The summed E-state index contributed by atoms with van der Waals surface area (Å²) in [4.78, 5) is 2.58. The van der Waals surface area contributed by atoms with E-state index in [2.05, 4.69) is 30.9 Å². The lowest BCUT2D eigenvalue weighted by Gasteiger charge is -2.19. The topological polar surface area (TPSA) is 29.3 Å². The van der Waals surface area contributed by atoms with Crippen molar-refractivity contribution in [2.75, 3.05) is 25.4 Å². The standard InChI is InChI=1S/C15H24N2/c1-15(2)9-11-17(12-15)10-5-7-13-6-3-4-8-14(13)16/h3-4,6,8H,5,7,9-12,16H2,1-2H3. The molecule has 1 aliphatic heterocycles. The van der Waals surface area contributed by atoms with Gasteiger partial charge in [0.25, 0.3) is 0 Å². The van der Waals surface area contributed by atoms with Gasteiger partial charge in [0.2, 0.25) is 0 Å². The first-order valence-corrected chi connectivity index (χ1v) is 6.63. The van der Waals surface area contributed by atoms with Crippen molar-refractivity contribution in [3.63, 3.8) is 0 Å². The van der Waals surface area contributed by atoms with Crippen LogP contribution in [0, 0.1) is 5.41 Å². The molecule has 94 valence electrons. The van der Waals surface area contributed by atoms with Crippen LogP contribution in [0.15, 0.2) is 24.3 Å². The lowest BCUT2D eigenvalue weighted by Crippen LogP contribution is -2.24. The van der Waals surface area contributed by atoms with Gasteiger partial charge in [-0.3, -0.25) is 0 Å². The zero-order chi connectivity index (χ0) is 12.3. The van der Waals surface area contributed by atoms with Crippen LogP contribution in [0.2, 0.25) is 0 Å². The third-order valence-electron chi connectivity index (χ3n) is 3.73. The van der Waals surface area contributed by atoms with E-state index in [-0.39, 0.29) is 0 Å². The minimum Gasteiger partial charge on any atom is -0.399 e. The molecule has 1 aromatic carbocycles. The Balaban J connectivity index is 1.76. The van der Waals surface area contributed by atoms with Crippen LogP contribution in [0.4, 0.5) is 5.69 Å². The Morgan fingerprint density at radius 1 is 1.29 bits per heavy atom. The minimum absolute atomic E-state index is 0.520. The maximum atomic E-state index is 5.94. The number of hydrogen-bond acceptors (Lipinski definition) is 2. The Morgan fingerprint density at radius 3 is 2.71 bits per heavy atom. The number of rotatable bonds is 4. The van der Waals surface area contributed by atoms with Gasteiger partial charge in [-0.05, 0) is 49.4 Å². The number of para-hydroxylation sites is 1. The summed E-state index contributed by atoms with van der Waals surface area (Å²) in [5.41, 5.74) is 8.70. The number of anilines is 1. The Labute approximate surface area is 105 Å². The maximum Gasteiger partial charge on any atom is 0.0346 e. The van der Waals surface area contributed by atoms with E-state index in [1.165, 1.54) is 38.0 Å². The van der Waals surface area contributed by atoms with E-state index in [0.29, 0.717) is 5.41 Å². The largest absolute Gasteiger partial charge is 0.399 e. The summed E-state index contributed by atoms with van der Waals surface area (Å²) < 4.78 is 0. The smallest absolute Gasteiger partial charge is 0.0346 e. The fourth-order valence-electron chi connectivity index (χ4n) is 2.67. The number of nitrogens with two attached hydrogens (primary N) is 1. The average molecular weight is 232 g/mol. The van der Waals surface area contributed by atoms with E-state index < -0.39 is 0 Å². The number of aryl methyl sites for hydroxylation is 1. The molecule has 0 bridgehead atoms. The van der Waals surface area contributed by atoms with E-state index in [1.807, 2.05) is 12.1 Å². The number of nitrogens with zero attached hydrogens (tertiary/aromatic N) is 1. The Hall–Kier alpha value is -1.02. The second-order valence-corrected chi connectivity index (χ2v) is 5.99. The lowest BCUT2D eigenvalue weighted by molar-refractivity contribution is 0.288. The summed E-state index contributed by atoms with van der Waals surface area (Å²) in [6, 6.07) is 8.21. The summed E-state index contributed by atoms with van der Waals surface area (Å²) in [5.74, 6) is 0. The first kappa shape index (κ1) is 12.4. The summed E-state index contributed by atoms with van der Waals surface area (Å²) in [7, 11) is 0. The van der Waals surface area contributed by atoms with Crippen molar-refractivity contribution < 1.29 is 0 Å². The van der Waals surface area contributed by atoms with Gasteiger partial charge in [0.1, 0.15) is 0 Å². The van der Waals surface area contributed by atoms with Crippen LogP contribution in [0.25, 0.3) is 0 Å². The third kappa shape index (κ3) is 3.47. The van der Waals surface area contributed by atoms with Gasteiger partial charge in [0.15, 0.2) is 0 Å². The minimum atomic E-state index is 0.520. The SMILES string of the molecule is CC1(C)CCN(CCCc2ccccc2N)C1. The summed E-state index contributed by atoms with van der Waals surface area (Å²) >= 11 is 0. The highest BCUT2D eigenvalue weighted by Crippen LogP contribution is 2.28. The molecule has 1 fully saturated rings. The van der Waals surface area contributed by atoms with Gasteiger partial charge in [0, 0.05) is 12.2 Å². The van der Waals surface area contributed by atoms with Gasteiger partial charge in [-0.1, -0.05) is 32.0 Å². The Kier molecular flexibility index (Phi) is 3.72. The highest BCUT2D eigenvalue weighted by molar-refractivity contribution is 5.46. The molecular weight excluding hydrogens is 208 g/mol. The van der Waals surface area contributed by atoms with Gasteiger partial charge in [0.05, 0.1) is 0 Å². The number of nitrogen functional groups attached to an aromatic ring is 1. The van der Waals surface area contributed by atoms with Gasteiger partial charge in [-0.15, -0.1) is 0 Å². The predicted octanol–water partition coefficient (Wildman–Crippen LogP) is 2.93. The zero-order valence-electron chi connectivity index (χ0n) is 11.1. The third-order valence-corrected chi connectivity index (χ3v) is 3.73. The molecule has 1 saturated heterocycles. The molecule has 0 aliphatic carbocycles. The van der Waals surface area contributed by atoms with Gasteiger partial charge >= 0.3 is 0 Å². The summed E-state index contributed by atoms with van der Waals surface area (Å²) in [5, 5.41) is 0. The molecule has 0 aromatic heterocycles. The normalized spacial score (nSPS) is 19.6. The van der Waals surface area contributed by atoms with Crippen molar-refractivity contribution in [3.8, 4) is 0 Å².